The van der Waals surface area contributed by atoms with E-state index in [1.54, 1.807) is 0 Å². The van der Waals surface area contributed by atoms with Crippen molar-refractivity contribution in [1.29, 1.82) is 0 Å². The second-order valence-corrected chi connectivity index (χ2v) is 4.83. The molecule has 1 aliphatic heterocycles. The standard InChI is InChI=1S/C12H26N2O/c1-11(2)15-9-5-4-7-13-12-6-8-14(3)10-12/h11-13H,4-10H2,1-3H3. The Morgan fingerprint density at radius 3 is 2.80 bits per heavy atom. The van der Waals surface area contributed by atoms with Crippen LogP contribution < -0.4 is 5.32 Å². The molecule has 0 aromatic rings. The molecule has 0 radical (unpaired) electrons. The molecule has 0 aromatic carbocycles. The van der Waals surface area contributed by atoms with Crippen molar-refractivity contribution in [3.8, 4) is 0 Å². The number of likely N-dealkylation sites (N-methyl/N-ethyl adjacent to an activating group) is 1. The van der Waals surface area contributed by atoms with Crippen LogP contribution >= 0.6 is 0 Å². The quantitative estimate of drug-likeness (QED) is 0.650. The lowest BCUT2D eigenvalue weighted by Crippen LogP contribution is -2.32. The Kier molecular flexibility index (Phi) is 6.22. The van der Waals surface area contributed by atoms with E-state index in [4.69, 9.17) is 4.74 Å². The molecule has 1 saturated heterocycles. The normalized spacial score (nSPS) is 22.8. The average molecular weight is 214 g/mol. The van der Waals surface area contributed by atoms with E-state index in [2.05, 4.69) is 31.1 Å². The Balaban J connectivity index is 1.85. The second kappa shape index (κ2) is 7.20. The smallest absolute Gasteiger partial charge is 0.0518 e. The minimum atomic E-state index is 0.376. The molecule has 0 aliphatic carbocycles. The van der Waals surface area contributed by atoms with Gasteiger partial charge < -0.3 is 15.0 Å². The first kappa shape index (κ1) is 12.9. The topological polar surface area (TPSA) is 24.5 Å². The molecule has 0 amide bonds. The maximum absolute atomic E-state index is 5.49. The van der Waals surface area contributed by atoms with E-state index in [0.717, 1.165) is 19.2 Å². The van der Waals surface area contributed by atoms with Gasteiger partial charge in [-0.1, -0.05) is 0 Å². The first-order chi connectivity index (χ1) is 7.18. The third-order valence-corrected chi connectivity index (χ3v) is 2.85. The molecule has 0 bridgehead atoms. The lowest BCUT2D eigenvalue weighted by Gasteiger charge is -2.12. The highest BCUT2D eigenvalue weighted by Crippen LogP contribution is 2.05. The Bertz CT molecular complexity index is 162. The zero-order chi connectivity index (χ0) is 11.1. The second-order valence-electron chi connectivity index (χ2n) is 4.83. The summed E-state index contributed by atoms with van der Waals surface area (Å²) in [5, 5.41) is 3.60. The number of unbranched alkanes of at least 4 members (excludes halogenated alkanes) is 1. The molecule has 3 heteroatoms. The Morgan fingerprint density at radius 1 is 1.40 bits per heavy atom. The molecule has 0 spiro atoms. The largest absolute Gasteiger partial charge is 0.379 e. The van der Waals surface area contributed by atoms with Crippen molar-refractivity contribution in [3.63, 3.8) is 0 Å². The Labute approximate surface area is 94.2 Å². The van der Waals surface area contributed by atoms with Crippen LogP contribution in [0, 0.1) is 0 Å². The highest BCUT2D eigenvalue weighted by Gasteiger charge is 2.17. The molecule has 90 valence electrons. The summed E-state index contributed by atoms with van der Waals surface area (Å²) >= 11 is 0. The zero-order valence-corrected chi connectivity index (χ0v) is 10.5. The first-order valence-corrected chi connectivity index (χ1v) is 6.22. The van der Waals surface area contributed by atoms with Crippen molar-refractivity contribution in [3.05, 3.63) is 0 Å². The summed E-state index contributed by atoms with van der Waals surface area (Å²) in [6, 6.07) is 0.723. The van der Waals surface area contributed by atoms with E-state index in [1.165, 1.54) is 32.4 Å². The number of likely N-dealkylation sites (tertiary alicyclic amines) is 1. The lowest BCUT2D eigenvalue weighted by atomic mass is 10.2. The molecule has 1 aliphatic rings. The highest BCUT2D eigenvalue weighted by atomic mass is 16.5. The Hall–Kier alpha value is -0.120. The van der Waals surface area contributed by atoms with E-state index in [-0.39, 0.29) is 0 Å². The predicted molar refractivity (Wildman–Crippen MR) is 64.2 cm³/mol. The van der Waals surface area contributed by atoms with Crippen LogP contribution in [0.4, 0.5) is 0 Å². The van der Waals surface area contributed by atoms with Crippen molar-refractivity contribution in [2.24, 2.45) is 0 Å². The first-order valence-electron chi connectivity index (χ1n) is 6.22. The van der Waals surface area contributed by atoms with Crippen molar-refractivity contribution < 1.29 is 4.74 Å². The molecule has 1 fully saturated rings. The molecule has 3 nitrogen and oxygen atoms in total. The molecule has 1 atom stereocenters. The minimum Gasteiger partial charge on any atom is -0.379 e. The lowest BCUT2D eigenvalue weighted by molar-refractivity contribution is 0.0759. The fourth-order valence-electron chi connectivity index (χ4n) is 1.95. The van der Waals surface area contributed by atoms with Gasteiger partial charge in [-0.15, -0.1) is 0 Å². The summed E-state index contributed by atoms with van der Waals surface area (Å²) in [7, 11) is 2.19. The summed E-state index contributed by atoms with van der Waals surface area (Å²) in [5.41, 5.74) is 0. The van der Waals surface area contributed by atoms with Crippen LogP contribution in [0.15, 0.2) is 0 Å². The summed E-state index contributed by atoms with van der Waals surface area (Å²) in [6.07, 6.45) is 4.08. The fourth-order valence-corrected chi connectivity index (χ4v) is 1.95. The molecule has 1 unspecified atom stereocenters. The Morgan fingerprint density at radius 2 is 2.20 bits per heavy atom. The van der Waals surface area contributed by atoms with E-state index >= 15 is 0 Å². The summed E-state index contributed by atoms with van der Waals surface area (Å²) in [4.78, 5) is 2.39. The van der Waals surface area contributed by atoms with E-state index in [9.17, 15) is 0 Å². The van der Waals surface area contributed by atoms with Crippen LogP contribution in [0.2, 0.25) is 0 Å². The molecule has 0 aromatic heterocycles. The van der Waals surface area contributed by atoms with Gasteiger partial charge >= 0.3 is 0 Å². The van der Waals surface area contributed by atoms with Crippen LogP contribution in [0.1, 0.15) is 33.1 Å². The summed E-state index contributed by atoms with van der Waals surface area (Å²) in [6.45, 7) is 8.68. The van der Waals surface area contributed by atoms with Gasteiger partial charge in [0.1, 0.15) is 0 Å². The van der Waals surface area contributed by atoms with Gasteiger partial charge in [0.05, 0.1) is 6.10 Å². The van der Waals surface area contributed by atoms with Gasteiger partial charge in [-0.2, -0.15) is 0 Å². The maximum Gasteiger partial charge on any atom is 0.0518 e. The monoisotopic (exact) mass is 214 g/mol. The molecular weight excluding hydrogens is 188 g/mol. The third-order valence-electron chi connectivity index (χ3n) is 2.85. The number of hydrogen-bond acceptors (Lipinski definition) is 3. The van der Waals surface area contributed by atoms with Gasteiger partial charge in [0.2, 0.25) is 0 Å². The zero-order valence-electron chi connectivity index (χ0n) is 10.5. The molecule has 1 rings (SSSR count). The van der Waals surface area contributed by atoms with E-state index in [0.29, 0.717) is 6.10 Å². The van der Waals surface area contributed by atoms with Crippen LogP contribution in [0.3, 0.4) is 0 Å². The van der Waals surface area contributed by atoms with Crippen LogP contribution in [-0.4, -0.2) is 50.3 Å². The molecular formula is C12H26N2O. The van der Waals surface area contributed by atoms with Gasteiger partial charge in [0, 0.05) is 19.2 Å². The highest BCUT2D eigenvalue weighted by molar-refractivity contribution is 4.78. The van der Waals surface area contributed by atoms with Crippen molar-refractivity contribution in [2.75, 3.05) is 33.3 Å². The van der Waals surface area contributed by atoms with Crippen molar-refractivity contribution in [2.45, 2.75) is 45.3 Å². The van der Waals surface area contributed by atoms with Crippen molar-refractivity contribution >= 4 is 0 Å². The molecule has 1 N–H and O–H groups in total. The van der Waals surface area contributed by atoms with Gasteiger partial charge in [-0.25, -0.2) is 0 Å². The number of nitrogens with zero attached hydrogens (tertiary/aromatic N) is 1. The third kappa shape index (κ3) is 6.13. The summed E-state index contributed by atoms with van der Waals surface area (Å²) in [5.74, 6) is 0. The summed E-state index contributed by atoms with van der Waals surface area (Å²) < 4.78 is 5.49. The van der Waals surface area contributed by atoms with E-state index in [1.807, 2.05) is 0 Å². The van der Waals surface area contributed by atoms with Crippen LogP contribution in [0.25, 0.3) is 0 Å². The fraction of sp³-hybridized carbons (Fsp3) is 1.00. The predicted octanol–water partition coefficient (Wildman–Crippen LogP) is 1.49. The molecule has 15 heavy (non-hydrogen) atoms. The number of ether oxygens (including phenoxy) is 1. The SMILES string of the molecule is CC(C)OCCCCNC1CCN(C)C1. The van der Waals surface area contributed by atoms with Gasteiger partial charge in [-0.05, 0) is 53.2 Å². The number of hydrogen-bond donors (Lipinski definition) is 1. The van der Waals surface area contributed by atoms with Crippen LogP contribution in [0.5, 0.6) is 0 Å². The number of rotatable bonds is 7. The molecule has 1 heterocycles. The van der Waals surface area contributed by atoms with Gasteiger partial charge in [0.25, 0.3) is 0 Å². The maximum atomic E-state index is 5.49. The van der Waals surface area contributed by atoms with E-state index < -0.39 is 0 Å². The molecule has 0 saturated carbocycles. The minimum absolute atomic E-state index is 0.376. The number of nitrogens with one attached hydrogen (secondary N) is 1. The van der Waals surface area contributed by atoms with Gasteiger partial charge in [0.15, 0.2) is 0 Å². The van der Waals surface area contributed by atoms with Gasteiger partial charge in [-0.3, -0.25) is 0 Å². The van der Waals surface area contributed by atoms with Crippen molar-refractivity contribution in [1.82, 2.24) is 10.2 Å². The van der Waals surface area contributed by atoms with Crippen LogP contribution in [-0.2, 0) is 4.74 Å². The average Bonchev–Trinajstić information content (AvgIpc) is 2.57.